The van der Waals surface area contributed by atoms with Gasteiger partial charge in [-0.25, -0.2) is 4.21 Å². The molecular formula is C23H32N2O5S. The van der Waals surface area contributed by atoms with E-state index in [0.717, 1.165) is 43.2 Å². The van der Waals surface area contributed by atoms with Gasteiger partial charge in [0.15, 0.2) is 5.76 Å². The number of aryl methyl sites for hydroxylation is 2. The molecule has 2 fully saturated rings. The number of hydrogen-bond donors (Lipinski definition) is 1. The Bertz CT molecular complexity index is 982. The summed E-state index contributed by atoms with van der Waals surface area (Å²) in [6.07, 6.45) is 8.78. The lowest BCUT2D eigenvalue weighted by molar-refractivity contribution is -0.123. The molecule has 31 heavy (non-hydrogen) atoms. The average Bonchev–Trinajstić information content (AvgIpc) is 3.10. The van der Waals surface area contributed by atoms with Crippen LogP contribution >= 0.6 is 0 Å². The molecule has 7 nitrogen and oxygen atoms in total. The van der Waals surface area contributed by atoms with Crippen molar-refractivity contribution in [3.8, 4) is 0 Å². The third kappa shape index (κ3) is 5.12. The molecular weight excluding hydrogens is 416 g/mol. The maximum Gasteiger partial charge on any atom is 0.320 e. The van der Waals surface area contributed by atoms with Gasteiger partial charge in [-0.1, -0.05) is 6.08 Å². The van der Waals surface area contributed by atoms with Gasteiger partial charge in [0.2, 0.25) is 5.91 Å². The van der Waals surface area contributed by atoms with Crippen molar-refractivity contribution in [3.05, 3.63) is 34.8 Å². The fourth-order valence-corrected chi connectivity index (χ4v) is 6.87. The number of hydrogen-bond acceptors (Lipinski definition) is 5. The number of amides is 2. The van der Waals surface area contributed by atoms with E-state index in [2.05, 4.69) is 15.8 Å². The van der Waals surface area contributed by atoms with E-state index >= 15 is 0 Å². The first kappa shape index (κ1) is 22.3. The zero-order chi connectivity index (χ0) is 22.1. The second-order valence-electron chi connectivity index (χ2n) is 9.10. The third-order valence-electron chi connectivity index (χ3n) is 6.79. The number of ether oxygens (including phenoxy) is 1. The number of rotatable bonds is 3. The topological polar surface area (TPSA) is 98.0 Å². The Morgan fingerprint density at radius 3 is 2.65 bits per heavy atom. The molecule has 0 saturated carbocycles. The number of carbonyl (C=O) groups excluding carboxylic acids is 2. The van der Waals surface area contributed by atoms with Crippen LogP contribution in [0.25, 0.3) is 0 Å². The van der Waals surface area contributed by atoms with Crippen LogP contribution in [0.3, 0.4) is 0 Å². The molecule has 0 aromatic carbocycles. The Kier molecular flexibility index (Phi) is 6.40. The number of allylic oxidation sites excluding steroid dienone is 1. The highest BCUT2D eigenvalue weighted by molar-refractivity contribution is 7.93. The number of carbonyl (C=O) groups is 2. The van der Waals surface area contributed by atoms with Crippen molar-refractivity contribution in [1.82, 2.24) is 5.32 Å². The zero-order valence-corrected chi connectivity index (χ0v) is 19.2. The summed E-state index contributed by atoms with van der Waals surface area (Å²) in [5, 5.41) is 3.19. The van der Waals surface area contributed by atoms with E-state index in [0.29, 0.717) is 43.1 Å². The minimum atomic E-state index is -2.64. The van der Waals surface area contributed by atoms with Crippen LogP contribution in [-0.4, -0.2) is 45.8 Å². The molecule has 1 aromatic rings. The van der Waals surface area contributed by atoms with Gasteiger partial charge in [0, 0.05) is 29.7 Å². The number of nitrogens with zero attached hydrogens (tertiary/aromatic N) is 1. The van der Waals surface area contributed by atoms with Gasteiger partial charge in [0.05, 0.1) is 15.3 Å². The monoisotopic (exact) mass is 448 g/mol. The normalized spacial score (nSPS) is 31.2. The molecule has 3 aliphatic rings. The van der Waals surface area contributed by atoms with E-state index in [-0.39, 0.29) is 17.7 Å². The second kappa shape index (κ2) is 8.90. The van der Waals surface area contributed by atoms with E-state index in [1.54, 1.807) is 13.0 Å². The van der Waals surface area contributed by atoms with Crippen molar-refractivity contribution in [1.29, 1.82) is 0 Å². The van der Waals surface area contributed by atoms with Crippen LogP contribution in [-0.2, 0) is 19.3 Å². The minimum Gasteiger partial charge on any atom is -0.456 e. The van der Waals surface area contributed by atoms with Crippen LogP contribution in [0, 0.1) is 13.8 Å². The standard InChI is InChI=1S/C23H32N2O5S/c1-16-14-20(30-17(16)2)22(27)25-31(28)12-9-23(10-13-31)15-19(8-11-29-23)24-21(26)18-6-4-3-5-7-18/h6,14,19H,3-5,7-13,15H2,1-2H3,(H,24,26). The van der Waals surface area contributed by atoms with Gasteiger partial charge in [-0.15, -0.1) is 0 Å². The van der Waals surface area contributed by atoms with E-state index in [4.69, 9.17) is 9.15 Å². The molecule has 3 heterocycles. The van der Waals surface area contributed by atoms with Crippen LogP contribution in [0.1, 0.15) is 73.2 Å². The Morgan fingerprint density at radius 2 is 2.00 bits per heavy atom. The highest BCUT2D eigenvalue weighted by Crippen LogP contribution is 2.37. The molecule has 170 valence electrons. The van der Waals surface area contributed by atoms with Crippen LogP contribution in [0.4, 0.5) is 0 Å². The van der Waals surface area contributed by atoms with Crippen molar-refractivity contribution in [2.75, 3.05) is 18.1 Å². The van der Waals surface area contributed by atoms with Crippen molar-refractivity contribution in [2.24, 2.45) is 4.36 Å². The molecule has 1 unspecified atom stereocenters. The van der Waals surface area contributed by atoms with E-state index < -0.39 is 21.2 Å². The largest absolute Gasteiger partial charge is 0.456 e. The van der Waals surface area contributed by atoms with Crippen LogP contribution in [0.5, 0.6) is 0 Å². The predicted molar refractivity (Wildman–Crippen MR) is 118 cm³/mol. The molecule has 4 rings (SSSR count). The summed E-state index contributed by atoms with van der Waals surface area (Å²) >= 11 is 0. The Hall–Kier alpha value is -1.93. The van der Waals surface area contributed by atoms with Crippen molar-refractivity contribution in [3.63, 3.8) is 0 Å². The lowest BCUT2D eigenvalue weighted by Gasteiger charge is -2.44. The van der Waals surface area contributed by atoms with Crippen LogP contribution in [0.2, 0.25) is 0 Å². The first-order valence-electron chi connectivity index (χ1n) is 11.3. The smallest absolute Gasteiger partial charge is 0.320 e. The van der Waals surface area contributed by atoms with Crippen molar-refractivity contribution in [2.45, 2.75) is 76.9 Å². The maximum atomic E-state index is 13.2. The maximum absolute atomic E-state index is 13.2. The van der Waals surface area contributed by atoms with Crippen LogP contribution < -0.4 is 5.32 Å². The van der Waals surface area contributed by atoms with Crippen molar-refractivity contribution >= 4 is 21.5 Å². The molecule has 1 N–H and O–H groups in total. The van der Waals surface area contributed by atoms with Gasteiger partial charge in [-0.2, -0.15) is 4.36 Å². The molecule has 1 spiro atoms. The van der Waals surface area contributed by atoms with Gasteiger partial charge in [-0.3, -0.25) is 9.59 Å². The molecule has 2 aliphatic heterocycles. The first-order chi connectivity index (χ1) is 14.8. The molecule has 8 heteroatoms. The van der Waals surface area contributed by atoms with E-state index in [1.165, 1.54) is 0 Å². The van der Waals surface area contributed by atoms with Gasteiger partial charge < -0.3 is 14.5 Å². The summed E-state index contributed by atoms with van der Waals surface area (Å²) in [5.41, 5.74) is 1.39. The summed E-state index contributed by atoms with van der Waals surface area (Å²) in [7, 11) is -2.64. The quantitative estimate of drug-likeness (QED) is 0.758. The van der Waals surface area contributed by atoms with Crippen molar-refractivity contribution < 1.29 is 23.0 Å². The Morgan fingerprint density at radius 1 is 1.23 bits per heavy atom. The lowest BCUT2D eigenvalue weighted by Crippen LogP contribution is -2.52. The van der Waals surface area contributed by atoms with Crippen LogP contribution in [0.15, 0.2) is 26.5 Å². The highest BCUT2D eigenvalue weighted by Gasteiger charge is 2.42. The fraction of sp³-hybridized carbons (Fsp3) is 0.652. The van der Waals surface area contributed by atoms with E-state index in [1.807, 2.05) is 6.92 Å². The predicted octanol–water partition coefficient (Wildman–Crippen LogP) is 3.83. The summed E-state index contributed by atoms with van der Waals surface area (Å²) in [6.45, 7) is 4.23. The fourth-order valence-electron chi connectivity index (χ4n) is 4.71. The SMILES string of the molecule is Cc1cc(C(=O)N=S2(=O)CCC3(CC2)CC(NC(=O)C2=CCCCC2)CCO3)oc1C. The highest BCUT2D eigenvalue weighted by atomic mass is 32.2. The molecule has 0 bridgehead atoms. The Balaban J connectivity index is 1.38. The first-order valence-corrected chi connectivity index (χ1v) is 13.1. The summed E-state index contributed by atoms with van der Waals surface area (Å²) in [5.74, 6) is 0.959. The molecule has 1 aromatic heterocycles. The van der Waals surface area contributed by atoms with Gasteiger partial charge in [-0.05, 0) is 76.8 Å². The number of nitrogens with one attached hydrogen (secondary N) is 1. The van der Waals surface area contributed by atoms with E-state index in [9.17, 15) is 13.8 Å². The molecule has 1 atom stereocenters. The lowest BCUT2D eigenvalue weighted by atomic mass is 9.85. The van der Waals surface area contributed by atoms with Gasteiger partial charge >= 0.3 is 5.91 Å². The summed E-state index contributed by atoms with van der Waals surface area (Å²) in [4.78, 5) is 25.0. The third-order valence-corrected chi connectivity index (χ3v) is 8.97. The minimum absolute atomic E-state index is 0.0472. The summed E-state index contributed by atoms with van der Waals surface area (Å²) in [6, 6.07) is 1.71. The molecule has 2 amide bonds. The molecule has 1 aliphatic carbocycles. The average molecular weight is 449 g/mol. The summed E-state index contributed by atoms with van der Waals surface area (Å²) < 4.78 is 28.8. The van der Waals surface area contributed by atoms with Gasteiger partial charge in [0.25, 0.3) is 0 Å². The second-order valence-corrected chi connectivity index (χ2v) is 11.6. The zero-order valence-electron chi connectivity index (χ0n) is 18.4. The molecule has 0 radical (unpaired) electrons. The number of furan rings is 1. The molecule has 2 saturated heterocycles. The Labute approximate surface area is 184 Å². The van der Waals surface area contributed by atoms with Gasteiger partial charge in [0.1, 0.15) is 5.76 Å².